The molecule has 2 aliphatic rings. The van der Waals surface area contributed by atoms with Crippen molar-refractivity contribution >= 4 is 28.5 Å². The summed E-state index contributed by atoms with van der Waals surface area (Å²) >= 11 is 6.47. The van der Waals surface area contributed by atoms with Gasteiger partial charge in [-0.25, -0.2) is 0 Å². The lowest BCUT2D eigenvalue weighted by atomic mass is 9.71. The van der Waals surface area contributed by atoms with E-state index in [1.807, 2.05) is 18.2 Å². The first-order chi connectivity index (χ1) is 15.9. The highest BCUT2D eigenvalue weighted by Crippen LogP contribution is 2.43. The number of methoxy groups -OCH3 is 1. The van der Waals surface area contributed by atoms with E-state index in [0.717, 1.165) is 49.3 Å². The lowest BCUT2D eigenvalue weighted by molar-refractivity contribution is -0.141. The van der Waals surface area contributed by atoms with Gasteiger partial charge >= 0.3 is 5.97 Å². The summed E-state index contributed by atoms with van der Waals surface area (Å²) in [5.41, 5.74) is 1.10. The third-order valence-electron chi connectivity index (χ3n) is 7.78. The number of carbonyl (C=O) groups is 1. The molecule has 7 heteroatoms. The Kier molecular flexibility index (Phi) is 7.77. The molecule has 1 aliphatic carbocycles. The molecule has 0 amide bonds. The minimum Gasteiger partial charge on any atom is -0.497 e. The standard InChI is InChI=1S/C26H35ClN2O4/c1-33-19-6-7-22-20(14-19)25(21(27)16-28-22)23(30)8-9-26(15-24(31)32)10-12-29(13-11-26)17-18-4-2-3-5-18/h6-7,14,16,18,23,30H,2-5,8-13,15,17H2,1H3,(H,31,32)/t23-/m1/s1. The molecular weight excluding hydrogens is 440 g/mol. The molecule has 4 rings (SSSR count). The summed E-state index contributed by atoms with van der Waals surface area (Å²) in [5, 5.41) is 22.0. The van der Waals surface area contributed by atoms with Crippen LogP contribution < -0.4 is 4.74 Å². The third kappa shape index (κ3) is 5.79. The molecule has 1 aromatic carbocycles. The van der Waals surface area contributed by atoms with Crippen LogP contribution in [0.2, 0.25) is 5.02 Å². The molecule has 1 aromatic heterocycles. The van der Waals surface area contributed by atoms with E-state index in [2.05, 4.69) is 9.88 Å². The molecule has 0 unspecified atom stereocenters. The van der Waals surface area contributed by atoms with Crippen LogP contribution in [-0.4, -0.2) is 52.8 Å². The number of halogens is 1. The Hall–Kier alpha value is -1.89. The number of aliphatic hydroxyl groups is 1. The van der Waals surface area contributed by atoms with Crippen molar-refractivity contribution in [2.45, 2.75) is 63.9 Å². The molecule has 2 aromatic rings. The van der Waals surface area contributed by atoms with Crippen molar-refractivity contribution in [1.82, 2.24) is 9.88 Å². The predicted octanol–water partition coefficient (Wildman–Crippen LogP) is 5.46. The van der Waals surface area contributed by atoms with Crippen LogP contribution in [-0.2, 0) is 4.79 Å². The summed E-state index contributed by atoms with van der Waals surface area (Å²) in [6.45, 7) is 3.03. The Labute approximate surface area is 200 Å². The van der Waals surface area contributed by atoms with Gasteiger partial charge in [-0.15, -0.1) is 0 Å². The molecule has 180 valence electrons. The number of nitrogens with zero attached hydrogens (tertiary/aromatic N) is 2. The average Bonchev–Trinajstić information content (AvgIpc) is 3.31. The number of pyridine rings is 1. The maximum absolute atomic E-state index is 11.7. The van der Waals surface area contributed by atoms with Crippen LogP contribution in [0.25, 0.3) is 10.9 Å². The van der Waals surface area contributed by atoms with Crippen molar-refractivity contribution in [3.63, 3.8) is 0 Å². The fraction of sp³-hybridized carbons (Fsp3) is 0.615. The highest BCUT2D eigenvalue weighted by atomic mass is 35.5. The molecule has 2 fully saturated rings. The smallest absolute Gasteiger partial charge is 0.303 e. The fourth-order valence-corrected chi connectivity index (χ4v) is 6.10. The zero-order valence-corrected chi connectivity index (χ0v) is 20.2. The van der Waals surface area contributed by atoms with Gasteiger partial charge in [0.05, 0.1) is 30.2 Å². The number of ether oxygens (including phenoxy) is 1. The Balaban J connectivity index is 1.46. The van der Waals surface area contributed by atoms with Gasteiger partial charge in [0.2, 0.25) is 0 Å². The summed E-state index contributed by atoms with van der Waals surface area (Å²) in [4.78, 5) is 18.6. The van der Waals surface area contributed by atoms with Gasteiger partial charge in [-0.1, -0.05) is 24.4 Å². The van der Waals surface area contributed by atoms with Crippen molar-refractivity contribution in [2.75, 3.05) is 26.7 Å². The van der Waals surface area contributed by atoms with Crippen molar-refractivity contribution in [3.8, 4) is 5.75 Å². The van der Waals surface area contributed by atoms with Crippen LogP contribution in [0.15, 0.2) is 24.4 Å². The highest BCUT2D eigenvalue weighted by Gasteiger charge is 2.37. The summed E-state index contributed by atoms with van der Waals surface area (Å²) in [6, 6.07) is 5.54. The first-order valence-corrected chi connectivity index (χ1v) is 12.5. The SMILES string of the molecule is COc1ccc2ncc(Cl)c([C@H](O)CCC3(CC(=O)O)CCN(CC4CCCC4)CC3)c2c1. The van der Waals surface area contributed by atoms with E-state index in [9.17, 15) is 15.0 Å². The average molecular weight is 475 g/mol. The van der Waals surface area contributed by atoms with E-state index in [1.165, 1.54) is 25.7 Å². The first kappa shape index (κ1) is 24.2. The zero-order chi connectivity index (χ0) is 23.4. The Morgan fingerprint density at radius 2 is 2.03 bits per heavy atom. The molecule has 1 aliphatic heterocycles. The van der Waals surface area contributed by atoms with Crippen LogP contribution in [0.1, 0.15) is 69.5 Å². The van der Waals surface area contributed by atoms with Crippen LogP contribution in [0, 0.1) is 11.3 Å². The zero-order valence-electron chi connectivity index (χ0n) is 19.4. The lowest BCUT2D eigenvalue weighted by Crippen LogP contribution is -2.43. The Morgan fingerprint density at radius 1 is 1.30 bits per heavy atom. The maximum Gasteiger partial charge on any atom is 0.303 e. The monoisotopic (exact) mass is 474 g/mol. The van der Waals surface area contributed by atoms with Crippen molar-refractivity contribution in [2.24, 2.45) is 11.3 Å². The van der Waals surface area contributed by atoms with Gasteiger partial charge < -0.3 is 19.8 Å². The summed E-state index contributed by atoms with van der Waals surface area (Å²) < 4.78 is 5.35. The van der Waals surface area contributed by atoms with Crippen molar-refractivity contribution in [3.05, 3.63) is 35.0 Å². The van der Waals surface area contributed by atoms with Gasteiger partial charge in [0.15, 0.2) is 0 Å². The topological polar surface area (TPSA) is 82.9 Å². The molecule has 2 N–H and O–H groups in total. The molecule has 1 atom stereocenters. The number of rotatable bonds is 9. The molecule has 1 saturated carbocycles. The number of aromatic nitrogens is 1. The van der Waals surface area contributed by atoms with Gasteiger partial charge in [-0.2, -0.15) is 0 Å². The first-order valence-electron chi connectivity index (χ1n) is 12.1. The van der Waals surface area contributed by atoms with E-state index in [-0.39, 0.29) is 11.8 Å². The van der Waals surface area contributed by atoms with E-state index < -0.39 is 12.1 Å². The quantitative estimate of drug-likeness (QED) is 0.502. The molecule has 2 heterocycles. The second-order valence-corrected chi connectivity index (χ2v) is 10.4. The van der Waals surface area contributed by atoms with Crippen LogP contribution in [0.5, 0.6) is 5.75 Å². The van der Waals surface area contributed by atoms with E-state index in [4.69, 9.17) is 16.3 Å². The summed E-state index contributed by atoms with van der Waals surface area (Å²) in [6.07, 6.45) is 9.11. The van der Waals surface area contributed by atoms with Gasteiger partial charge in [0.1, 0.15) is 5.75 Å². The summed E-state index contributed by atoms with van der Waals surface area (Å²) in [7, 11) is 1.60. The highest BCUT2D eigenvalue weighted by molar-refractivity contribution is 6.32. The number of carboxylic acid groups (broad SMARTS) is 1. The van der Waals surface area contributed by atoms with E-state index >= 15 is 0 Å². The number of benzene rings is 1. The maximum atomic E-state index is 11.7. The van der Waals surface area contributed by atoms with Crippen LogP contribution in [0.3, 0.4) is 0 Å². The molecule has 6 nitrogen and oxygen atoms in total. The largest absolute Gasteiger partial charge is 0.497 e. The number of aliphatic hydroxyl groups excluding tert-OH is 1. The molecule has 0 bridgehead atoms. The number of fused-ring (bicyclic) bond motifs is 1. The normalized spacial score (nSPS) is 20.2. The number of piperidine rings is 1. The number of carboxylic acids is 1. The van der Waals surface area contributed by atoms with Crippen molar-refractivity contribution < 1.29 is 19.7 Å². The number of likely N-dealkylation sites (tertiary alicyclic amines) is 1. The number of hydrogen-bond donors (Lipinski definition) is 2. The number of aliphatic carboxylic acids is 1. The van der Waals surface area contributed by atoms with E-state index in [0.29, 0.717) is 29.2 Å². The second-order valence-electron chi connectivity index (χ2n) is 9.98. The minimum absolute atomic E-state index is 0.148. The number of hydrogen-bond acceptors (Lipinski definition) is 5. The fourth-order valence-electron chi connectivity index (χ4n) is 5.82. The Bertz CT molecular complexity index is 968. The second kappa shape index (κ2) is 10.6. The molecule has 0 spiro atoms. The van der Waals surface area contributed by atoms with Crippen molar-refractivity contribution in [1.29, 1.82) is 0 Å². The van der Waals surface area contributed by atoms with E-state index in [1.54, 1.807) is 13.3 Å². The van der Waals surface area contributed by atoms with Gasteiger partial charge in [0.25, 0.3) is 0 Å². The van der Waals surface area contributed by atoms with Crippen LogP contribution in [0.4, 0.5) is 0 Å². The van der Waals surface area contributed by atoms with Crippen LogP contribution >= 0.6 is 11.6 Å². The molecule has 0 radical (unpaired) electrons. The lowest BCUT2D eigenvalue weighted by Gasteiger charge is -2.42. The molecular formula is C26H35ClN2O4. The Morgan fingerprint density at radius 3 is 2.70 bits per heavy atom. The van der Waals surface area contributed by atoms with Gasteiger partial charge in [0, 0.05) is 23.7 Å². The molecule has 1 saturated heterocycles. The summed E-state index contributed by atoms with van der Waals surface area (Å²) in [5.74, 6) is 0.723. The predicted molar refractivity (Wildman–Crippen MR) is 130 cm³/mol. The van der Waals surface area contributed by atoms with Gasteiger partial charge in [-0.3, -0.25) is 9.78 Å². The molecule has 33 heavy (non-hydrogen) atoms. The third-order valence-corrected chi connectivity index (χ3v) is 8.08. The van der Waals surface area contributed by atoms with Gasteiger partial charge in [-0.05, 0) is 81.1 Å². The minimum atomic E-state index is -0.794.